The molecule has 1 saturated carbocycles. The first-order valence-corrected chi connectivity index (χ1v) is 10.6. The van der Waals surface area contributed by atoms with E-state index in [0.29, 0.717) is 11.5 Å². The summed E-state index contributed by atoms with van der Waals surface area (Å²) in [6, 6.07) is 8.51. The van der Waals surface area contributed by atoms with Crippen molar-refractivity contribution >= 4 is 47.2 Å². The van der Waals surface area contributed by atoms with Crippen LogP contribution in [0.4, 0.5) is 5.69 Å². The Kier molecular flexibility index (Phi) is 9.63. The Morgan fingerprint density at radius 3 is 2.86 bits per heavy atom. The Labute approximate surface area is 191 Å². The number of hydrogen-bond donors (Lipinski definition) is 2. The van der Waals surface area contributed by atoms with E-state index in [2.05, 4.69) is 35.4 Å². The molecule has 1 aliphatic carbocycles. The van der Waals surface area contributed by atoms with Gasteiger partial charge in [0.25, 0.3) is 0 Å². The lowest BCUT2D eigenvalue weighted by atomic mass is 10.0. The Morgan fingerprint density at radius 2 is 2.18 bits per heavy atom. The molecule has 28 heavy (non-hydrogen) atoms. The number of benzene rings is 1. The van der Waals surface area contributed by atoms with E-state index < -0.39 is 0 Å². The lowest BCUT2D eigenvalue weighted by Crippen LogP contribution is -2.45. The number of hydrogen-bond acceptors (Lipinski definition) is 3. The minimum atomic E-state index is 0. The summed E-state index contributed by atoms with van der Waals surface area (Å²) in [7, 11) is 0. The summed E-state index contributed by atoms with van der Waals surface area (Å²) in [5.74, 6) is 0.943. The Hall–Kier alpha value is -0.730. The highest BCUT2D eigenvalue weighted by Gasteiger charge is 2.42. The van der Waals surface area contributed by atoms with Crippen LogP contribution >= 0.6 is 35.6 Å². The monoisotopic (exact) mass is 520 g/mol. The second kappa shape index (κ2) is 11.5. The molecule has 1 aromatic carbocycles. The molecule has 1 unspecified atom stereocenters. The van der Waals surface area contributed by atoms with Crippen LogP contribution in [0.2, 0.25) is 5.02 Å². The molecule has 2 fully saturated rings. The predicted molar refractivity (Wildman–Crippen MR) is 129 cm³/mol. The molecule has 1 aromatic rings. The summed E-state index contributed by atoms with van der Waals surface area (Å²) >= 11 is 6.14. The van der Waals surface area contributed by atoms with Gasteiger partial charge < -0.3 is 20.3 Å². The standard InChI is InChI=1S/C21H33ClN4O.HI/c1-3-23-20(24-16-21(9-10-21)11-13-27-4-2)25-18-8-12-26(15-18)19-7-5-6-17(22)14-19;/h5-7,14,18H,3-4,8-13,15-16H2,1-2H3,(H2,23,24,25);1H. The van der Waals surface area contributed by atoms with Gasteiger partial charge >= 0.3 is 0 Å². The zero-order chi connectivity index (χ0) is 19.1. The lowest BCUT2D eigenvalue weighted by Gasteiger charge is -2.21. The zero-order valence-electron chi connectivity index (χ0n) is 17.0. The minimum Gasteiger partial charge on any atom is -0.382 e. The van der Waals surface area contributed by atoms with Crippen LogP contribution in [0.1, 0.15) is 39.5 Å². The van der Waals surface area contributed by atoms with Gasteiger partial charge in [0.2, 0.25) is 0 Å². The highest BCUT2D eigenvalue weighted by atomic mass is 127. The fourth-order valence-electron chi connectivity index (χ4n) is 3.64. The molecule has 0 radical (unpaired) electrons. The van der Waals surface area contributed by atoms with Crippen molar-refractivity contribution in [3.8, 4) is 0 Å². The maximum atomic E-state index is 6.14. The molecule has 2 N–H and O–H groups in total. The number of halogens is 2. The third-order valence-electron chi connectivity index (χ3n) is 5.56. The molecule has 158 valence electrons. The smallest absolute Gasteiger partial charge is 0.191 e. The number of rotatable bonds is 9. The van der Waals surface area contributed by atoms with Crippen LogP contribution in [0.25, 0.3) is 0 Å². The zero-order valence-corrected chi connectivity index (χ0v) is 20.1. The van der Waals surface area contributed by atoms with E-state index in [4.69, 9.17) is 21.3 Å². The van der Waals surface area contributed by atoms with Crippen LogP contribution < -0.4 is 15.5 Å². The van der Waals surface area contributed by atoms with Crippen molar-refractivity contribution in [1.29, 1.82) is 0 Å². The van der Waals surface area contributed by atoms with Gasteiger partial charge in [-0.25, -0.2) is 0 Å². The molecule has 3 rings (SSSR count). The van der Waals surface area contributed by atoms with Gasteiger partial charge in [0.05, 0.1) is 0 Å². The summed E-state index contributed by atoms with van der Waals surface area (Å²) < 4.78 is 5.54. The van der Waals surface area contributed by atoms with Crippen molar-refractivity contribution in [3.05, 3.63) is 29.3 Å². The van der Waals surface area contributed by atoms with Gasteiger partial charge in [0.15, 0.2) is 5.96 Å². The van der Waals surface area contributed by atoms with Crippen molar-refractivity contribution in [2.45, 2.75) is 45.6 Å². The van der Waals surface area contributed by atoms with E-state index in [-0.39, 0.29) is 24.0 Å². The number of guanidine groups is 1. The lowest BCUT2D eigenvalue weighted by molar-refractivity contribution is 0.129. The maximum absolute atomic E-state index is 6.14. The molecule has 0 bridgehead atoms. The van der Waals surface area contributed by atoms with E-state index in [1.807, 2.05) is 18.2 Å². The molecule has 0 aromatic heterocycles. The average Bonchev–Trinajstić information content (AvgIpc) is 3.27. The van der Waals surface area contributed by atoms with Crippen molar-refractivity contribution in [2.24, 2.45) is 10.4 Å². The molecule has 1 aliphatic heterocycles. The average molecular weight is 521 g/mol. The maximum Gasteiger partial charge on any atom is 0.191 e. The topological polar surface area (TPSA) is 48.9 Å². The summed E-state index contributed by atoms with van der Waals surface area (Å²) in [6.45, 7) is 9.60. The quantitative estimate of drug-likeness (QED) is 0.221. The van der Waals surface area contributed by atoms with Crippen LogP contribution in [0, 0.1) is 5.41 Å². The summed E-state index contributed by atoms with van der Waals surface area (Å²) in [4.78, 5) is 7.29. The first-order chi connectivity index (χ1) is 13.1. The van der Waals surface area contributed by atoms with Gasteiger partial charge in [-0.05, 0) is 63.1 Å². The Balaban J connectivity index is 0.00000280. The molecular formula is C21H34ClIN4O. The number of aliphatic imine (C=N–C) groups is 1. The van der Waals surface area contributed by atoms with E-state index >= 15 is 0 Å². The summed E-state index contributed by atoms with van der Waals surface area (Å²) in [5, 5.41) is 7.83. The van der Waals surface area contributed by atoms with Crippen LogP contribution in [-0.2, 0) is 4.74 Å². The molecule has 1 saturated heterocycles. The van der Waals surface area contributed by atoms with Crippen molar-refractivity contribution < 1.29 is 4.74 Å². The van der Waals surface area contributed by atoms with E-state index in [1.165, 1.54) is 18.5 Å². The second-order valence-corrected chi connectivity index (χ2v) is 8.13. The number of nitrogens with zero attached hydrogens (tertiary/aromatic N) is 2. The van der Waals surface area contributed by atoms with Gasteiger partial charge in [-0.3, -0.25) is 4.99 Å². The Morgan fingerprint density at radius 1 is 1.36 bits per heavy atom. The largest absolute Gasteiger partial charge is 0.382 e. The molecule has 2 aliphatic rings. The van der Waals surface area contributed by atoms with Gasteiger partial charge in [0.1, 0.15) is 0 Å². The molecule has 1 heterocycles. The number of anilines is 1. The number of ether oxygens (including phenoxy) is 1. The van der Waals surface area contributed by atoms with Crippen LogP contribution in [0.5, 0.6) is 0 Å². The van der Waals surface area contributed by atoms with Gasteiger partial charge in [0, 0.05) is 56.1 Å². The van der Waals surface area contributed by atoms with Crippen molar-refractivity contribution in [2.75, 3.05) is 44.3 Å². The highest BCUT2D eigenvalue weighted by Crippen LogP contribution is 2.49. The fraction of sp³-hybridized carbons (Fsp3) is 0.667. The van der Waals surface area contributed by atoms with E-state index in [0.717, 1.165) is 63.2 Å². The number of nitrogens with one attached hydrogen (secondary N) is 2. The third-order valence-corrected chi connectivity index (χ3v) is 5.79. The molecule has 1 atom stereocenters. The SMILES string of the molecule is CCNC(=NCC1(CCOCC)CC1)NC1CCN(c2cccc(Cl)c2)C1.I. The van der Waals surface area contributed by atoms with E-state index in [9.17, 15) is 0 Å². The third kappa shape index (κ3) is 6.95. The minimum absolute atomic E-state index is 0. The first-order valence-electron chi connectivity index (χ1n) is 10.3. The van der Waals surface area contributed by atoms with Crippen molar-refractivity contribution in [3.63, 3.8) is 0 Å². The predicted octanol–water partition coefficient (Wildman–Crippen LogP) is 4.30. The van der Waals surface area contributed by atoms with E-state index in [1.54, 1.807) is 0 Å². The normalized spacial score (nSPS) is 20.6. The Bertz CT molecular complexity index is 639. The molecule has 0 amide bonds. The fourth-order valence-corrected chi connectivity index (χ4v) is 3.83. The molecule has 0 spiro atoms. The highest BCUT2D eigenvalue weighted by molar-refractivity contribution is 14.0. The van der Waals surface area contributed by atoms with Gasteiger partial charge in [-0.2, -0.15) is 0 Å². The van der Waals surface area contributed by atoms with Crippen LogP contribution in [0.15, 0.2) is 29.3 Å². The molecule has 7 heteroatoms. The summed E-state index contributed by atoms with van der Waals surface area (Å²) in [5.41, 5.74) is 1.57. The van der Waals surface area contributed by atoms with Crippen LogP contribution in [0.3, 0.4) is 0 Å². The van der Waals surface area contributed by atoms with Gasteiger partial charge in [-0.15, -0.1) is 24.0 Å². The first kappa shape index (κ1) is 23.5. The van der Waals surface area contributed by atoms with Crippen LogP contribution in [-0.4, -0.2) is 51.4 Å². The molecular weight excluding hydrogens is 487 g/mol. The summed E-state index contributed by atoms with van der Waals surface area (Å²) in [6.07, 6.45) is 4.77. The van der Waals surface area contributed by atoms with Crippen molar-refractivity contribution in [1.82, 2.24) is 10.6 Å². The molecule has 5 nitrogen and oxygen atoms in total. The second-order valence-electron chi connectivity index (χ2n) is 7.70. The van der Waals surface area contributed by atoms with Gasteiger partial charge in [-0.1, -0.05) is 17.7 Å².